The molecule has 0 amide bonds. The summed E-state index contributed by atoms with van der Waals surface area (Å²) < 4.78 is 4.65. The largest absolute Gasteiger partial charge is 0.469 e. The molecular weight excluding hydrogens is 396 g/mol. The standard InChI is InChI=1S/C25H46O6/c1-18(12-13-22(28)24(4,5)15-9-11-19(2)26)10-8-16-25(6,30)17-14-21(27)20(3)23(29)31-7/h18,20-21,27,30H,8-17H2,1-7H3/t18?,20-,21-,25-/m1/s1. The van der Waals surface area contributed by atoms with E-state index in [-0.39, 0.29) is 17.0 Å². The van der Waals surface area contributed by atoms with Crippen molar-refractivity contribution in [2.45, 2.75) is 117 Å². The van der Waals surface area contributed by atoms with E-state index in [0.29, 0.717) is 38.0 Å². The molecule has 0 rings (SSSR count). The molecule has 0 aliphatic carbocycles. The van der Waals surface area contributed by atoms with Gasteiger partial charge in [0.2, 0.25) is 0 Å². The smallest absolute Gasteiger partial charge is 0.311 e. The van der Waals surface area contributed by atoms with Crippen LogP contribution in [-0.2, 0) is 19.1 Å². The third-order valence-electron chi connectivity index (χ3n) is 6.49. The Labute approximate surface area is 189 Å². The number of hydrogen-bond donors (Lipinski definition) is 2. The molecule has 0 bridgehead atoms. The quantitative estimate of drug-likeness (QED) is 0.319. The topological polar surface area (TPSA) is 101 Å². The molecule has 0 spiro atoms. The zero-order valence-electron chi connectivity index (χ0n) is 20.8. The van der Waals surface area contributed by atoms with Gasteiger partial charge in [-0.2, -0.15) is 0 Å². The van der Waals surface area contributed by atoms with Gasteiger partial charge >= 0.3 is 5.97 Å². The highest BCUT2D eigenvalue weighted by atomic mass is 16.5. The molecule has 0 aromatic rings. The Balaban J connectivity index is 4.23. The molecule has 0 radical (unpaired) electrons. The van der Waals surface area contributed by atoms with Gasteiger partial charge in [-0.15, -0.1) is 0 Å². The van der Waals surface area contributed by atoms with Crippen LogP contribution in [0.15, 0.2) is 0 Å². The summed E-state index contributed by atoms with van der Waals surface area (Å²) in [6.45, 7) is 11.0. The van der Waals surface area contributed by atoms with Crippen molar-refractivity contribution in [2.24, 2.45) is 17.3 Å². The van der Waals surface area contributed by atoms with E-state index < -0.39 is 23.6 Å². The van der Waals surface area contributed by atoms with Crippen molar-refractivity contribution in [3.8, 4) is 0 Å². The van der Waals surface area contributed by atoms with E-state index in [1.54, 1.807) is 20.8 Å². The molecule has 0 aromatic heterocycles. The predicted molar refractivity (Wildman–Crippen MR) is 123 cm³/mol. The summed E-state index contributed by atoms with van der Waals surface area (Å²) in [5, 5.41) is 20.7. The molecule has 0 aromatic carbocycles. The third-order valence-corrected chi connectivity index (χ3v) is 6.49. The molecule has 0 saturated carbocycles. The molecule has 0 saturated heterocycles. The molecule has 0 heterocycles. The monoisotopic (exact) mass is 442 g/mol. The average molecular weight is 443 g/mol. The van der Waals surface area contributed by atoms with E-state index >= 15 is 0 Å². The maximum atomic E-state index is 12.6. The summed E-state index contributed by atoms with van der Waals surface area (Å²) in [6, 6.07) is 0. The van der Waals surface area contributed by atoms with Gasteiger partial charge in [0.05, 0.1) is 24.7 Å². The highest BCUT2D eigenvalue weighted by Gasteiger charge is 2.28. The number of carbonyl (C=O) groups is 3. The van der Waals surface area contributed by atoms with Gasteiger partial charge in [0.1, 0.15) is 11.6 Å². The lowest BCUT2D eigenvalue weighted by Gasteiger charge is -2.26. The number of methoxy groups -OCH3 is 1. The Morgan fingerprint density at radius 2 is 1.52 bits per heavy atom. The van der Waals surface area contributed by atoms with Gasteiger partial charge in [0.15, 0.2) is 0 Å². The van der Waals surface area contributed by atoms with Crippen LogP contribution < -0.4 is 0 Å². The van der Waals surface area contributed by atoms with E-state index in [4.69, 9.17) is 0 Å². The van der Waals surface area contributed by atoms with Crippen LogP contribution in [0.25, 0.3) is 0 Å². The van der Waals surface area contributed by atoms with Crippen LogP contribution in [0.5, 0.6) is 0 Å². The highest BCUT2D eigenvalue weighted by molar-refractivity contribution is 5.84. The fourth-order valence-electron chi connectivity index (χ4n) is 3.79. The van der Waals surface area contributed by atoms with Crippen LogP contribution >= 0.6 is 0 Å². The summed E-state index contributed by atoms with van der Waals surface area (Å²) in [5.41, 5.74) is -1.29. The van der Waals surface area contributed by atoms with Gasteiger partial charge in [-0.05, 0) is 65.2 Å². The van der Waals surface area contributed by atoms with E-state index in [1.165, 1.54) is 7.11 Å². The summed E-state index contributed by atoms with van der Waals surface area (Å²) in [4.78, 5) is 35.2. The van der Waals surface area contributed by atoms with Crippen molar-refractivity contribution in [1.29, 1.82) is 0 Å². The Hall–Kier alpha value is -1.27. The normalized spacial score (nSPS) is 16.8. The van der Waals surface area contributed by atoms with Crippen molar-refractivity contribution in [1.82, 2.24) is 0 Å². The fraction of sp³-hybridized carbons (Fsp3) is 0.880. The first-order valence-electron chi connectivity index (χ1n) is 11.7. The number of ketones is 2. The molecule has 0 aliphatic heterocycles. The minimum absolute atomic E-state index is 0.167. The number of esters is 1. The number of rotatable bonds is 17. The Kier molecular flexibility index (Phi) is 13.4. The zero-order chi connectivity index (χ0) is 24.2. The number of hydrogen-bond acceptors (Lipinski definition) is 6. The molecule has 0 fully saturated rings. The second-order valence-electron chi connectivity index (χ2n) is 10.3. The molecule has 182 valence electrons. The lowest BCUT2D eigenvalue weighted by atomic mass is 9.79. The fourth-order valence-corrected chi connectivity index (χ4v) is 3.79. The SMILES string of the molecule is COC(=O)[C@H](C)[C@H](O)CC[C@](C)(O)CCCC(C)CCC(=O)C(C)(C)CCCC(C)=O. The molecule has 1 unspecified atom stereocenters. The van der Waals surface area contributed by atoms with Gasteiger partial charge in [0.25, 0.3) is 0 Å². The predicted octanol–water partition coefficient (Wildman–Crippen LogP) is 4.63. The summed E-state index contributed by atoms with van der Waals surface area (Å²) in [6.07, 6.45) is 5.70. The van der Waals surface area contributed by atoms with E-state index in [9.17, 15) is 24.6 Å². The van der Waals surface area contributed by atoms with E-state index in [2.05, 4.69) is 11.7 Å². The summed E-state index contributed by atoms with van der Waals surface area (Å²) in [5.74, 6) is -0.246. The number of ether oxygens (including phenoxy) is 1. The first-order chi connectivity index (χ1) is 14.2. The van der Waals surface area contributed by atoms with Gasteiger partial charge in [-0.25, -0.2) is 0 Å². The van der Waals surface area contributed by atoms with Crippen molar-refractivity contribution < 1.29 is 29.3 Å². The lowest BCUT2D eigenvalue weighted by Crippen LogP contribution is -2.31. The van der Waals surface area contributed by atoms with Crippen molar-refractivity contribution in [2.75, 3.05) is 7.11 Å². The minimum Gasteiger partial charge on any atom is -0.469 e. The van der Waals surface area contributed by atoms with Crippen LogP contribution in [0.4, 0.5) is 0 Å². The first kappa shape index (κ1) is 29.7. The number of aliphatic hydroxyl groups excluding tert-OH is 1. The van der Waals surface area contributed by atoms with Crippen LogP contribution in [-0.4, -0.2) is 46.6 Å². The van der Waals surface area contributed by atoms with E-state index in [1.807, 2.05) is 13.8 Å². The molecule has 6 nitrogen and oxygen atoms in total. The second-order valence-corrected chi connectivity index (χ2v) is 10.3. The molecule has 0 aliphatic rings. The zero-order valence-corrected chi connectivity index (χ0v) is 20.8. The van der Waals surface area contributed by atoms with Crippen LogP contribution in [0.3, 0.4) is 0 Å². The van der Waals surface area contributed by atoms with Crippen molar-refractivity contribution >= 4 is 17.5 Å². The minimum atomic E-state index is -0.898. The molecule has 6 heteroatoms. The molecular formula is C25H46O6. The number of Topliss-reactive ketones (excluding diaryl/α,β-unsaturated/α-hetero) is 2. The number of aliphatic hydroxyl groups is 2. The van der Waals surface area contributed by atoms with Gasteiger partial charge in [-0.3, -0.25) is 9.59 Å². The number of carbonyl (C=O) groups excluding carboxylic acids is 3. The second kappa shape index (κ2) is 14.0. The van der Waals surface area contributed by atoms with Crippen LogP contribution in [0.2, 0.25) is 0 Å². The van der Waals surface area contributed by atoms with E-state index in [0.717, 1.165) is 32.1 Å². The van der Waals surface area contributed by atoms with Gasteiger partial charge < -0.3 is 19.7 Å². The van der Waals surface area contributed by atoms with Gasteiger partial charge in [0, 0.05) is 18.3 Å². The Bertz CT molecular complexity index is 566. The van der Waals surface area contributed by atoms with Crippen molar-refractivity contribution in [3.63, 3.8) is 0 Å². The average Bonchev–Trinajstić information content (AvgIpc) is 2.68. The van der Waals surface area contributed by atoms with Crippen LogP contribution in [0, 0.1) is 17.3 Å². The molecule has 31 heavy (non-hydrogen) atoms. The summed E-state index contributed by atoms with van der Waals surface area (Å²) >= 11 is 0. The molecule has 2 N–H and O–H groups in total. The van der Waals surface area contributed by atoms with Crippen molar-refractivity contribution in [3.05, 3.63) is 0 Å². The maximum absolute atomic E-state index is 12.6. The Morgan fingerprint density at radius 3 is 2.06 bits per heavy atom. The first-order valence-corrected chi connectivity index (χ1v) is 11.7. The summed E-state index contributed by atoms with van der Waals surface area (Å²) in [7, 11) is 1.30. The van der Waals surface area contributed by atoms with Crippen LogP contribution in [0.1, 0.15) is 106 Å². The molecule has 4 atom stereocenters. The maximum Gasteiger partial charge on any atom is 0.311 e. The third kappa shape index (κ3) is 13.0. The van der Waals surface area contributed by atoms with Gasteiger partial charge in [-0.1, -0.05) is 33.6 Å². The highest BCUT2D eigenvalue weighted by Crippen LogP contribution is 2.29. The Morgan fingerprint density at radius 1 is 0.903 bits per heavy atom. The lowest BCUT2D eigenvalue weighted by molar-refractivity contribution is -0.149.